The molecule has 0 N–H and O–H groups in total. The van der Waals surface area contributed by atoms with Gasteiger partial charge in [-0.15, -0.1) is 0 Å². The lowest BCUT2D eigenvalue weighted by Gasteiger charge is -2.48. The smallest absolute Gasteiger partial charge is 0.192 e. The maximum atomic E-state index is 12.5. The van der Waals surface area contributed by atoms with E-state index in [1.807, 2.05) is 6.08 Å². The lowest BCUT2D eigenvalue weighted by Crippen LogP contribution is -2.48. The first-order valence-electron chi connectivity index (χ1n) is 12.0. The third-order valence-electron chi connectivity index (χ3n) is 8.52. The molecule has 0 aromatic rings. The van der Waals surface area contributed by atoms with Crippen LogP contribution in [0.3, 0.4) is 0 Å². The Hall–Kier alpha value is -0.133. The highest BCUT2D eigenvalue weighted by Crippen LogP contribution is 2.59. The third-order valence-corrected chi connectivity index (χ3v) is 15.4. The summed E-state index contributed by atoms with van der Waals surface area (Å²) in [6.45, 7) is 17.0. The average molecular weight is 443 g/mol. The van der Waals surface area contributed by atoms with Crippen LogP contribution in [-0.2, 0) is 14.3 Å². The highest BCUT2D eigenvalue weighted by atomic mass is 32.2. The van der Waals surface area contributed by atoms with E-state index >= 15 is 0 Å². The Morgan fingerprint density at radius 2 is 1.69 bits per heavy atom. The second-order valence-electron chi connectivity index (χ2n) is 10.9. The van der Waals surface area contributed by atoms with Crippen LogP contribution in [0.2, 0.25) is 18.1 Å². The zero-order valence-electron chi connectivity index (χ0n) is 20.3. The molecular formula is C24H46O3SSi. The van der Waals surface area contributed by atoms with Gasteiger partial charge in [0, 0.05) is 11.5 Å². The molecule has 2 saturated carbocycles. The second kappa shape index (κ2) is 9.16. The third kappa shape index (κ3) is 5.03. The molecule has 0 heterocycles. The van der Waals surface area contributed by atoms with Crippen molar-refractivity contribution in [1.82, 2.24) is 0 Å². The van der Waals surface area contributed by atoms with Gasteiger partial charge in [0.15, 0.2) is 18.2 Å². The summed E-state index contributed by atoms with van der Waals surface area (Å²) in [5.41, 5.74) is 0.271. The highest BCUT2D eigenvalue weighted by Gasteiger charge is 2.53. The van der Waals surface area contributed by atoms with E-state index in [2.05, 4.69) is 34.6 Å². The van der Waals surface area contributed by atoms with Gasteiger partial charge in [0.2, 0.25) is 0 Å². The molecule has 0 spiro atoms. The van der Waals surface area contributed by atoms with Gasteiger partial charge in [-0.1, -0.05) is 47.1 Å². The van der Waals surface area contributed by atoms with Gasteiger partial charge < -0.3 is 4.43 Å². The maximum Gasteiger partial charge on any atom is 0.192 e. The zero-order chi connectivity index (χ0) is 22.1. The van der Waals surface area contributed by atoms with Crippen molar-refractivity contribution in [2.24, 2.45) is 23.2 Å². The predicted molar refractivity (Wildman–Crippen MR) is 127 cm³/mol. The summed E-state index contributed by atoms with van der Waals surface area (Å²) in [7, 11) is -4.82. The van der Waals surface area contributed by atoms with Gasteiger partial charge in [-0.3, -0.25) is 0 Å². The number of rotatable bonds is 8. The summed E-state index contributed by atoms with van der Waals surface area (Å²) in [4.78, 5) is 0. The van der Waals surface area contributed by atoms with Crippen molar-refractivity contribution in [2.45, 2.75) is 116 Å². The van der Waals surface area contributed by atoms with Crippen LogP contribution >= 0.6 is 0 Å². The fourth-order valence-corrected chi connectivity index (χ4v) is 9.84. The van der Waals surface area contributed by atoms with E-state index in [-0.39, 0.29) is 11.3 Å². The van der Waals surface area contributed by atoms with Gasteiger partial charge in [0.05, 0.1) is 4.75 Å². The topological polar surface area (TPSA) is 43.4 Å². The summed E-state index contributed by atoms with van der Waals surface area (Å²) >= 11 is 0. The number of hydrogen-bond acceptors (Lipinski definition) is 3. The number of hydrogen-bond donors (Lipinski definition) is 0. The molecule has 0 unspecified atom stereocenters. The molecule has 0 aromatic carbocycles. The Morgan fingerprint density at radius 3 is 2.21 bits per heavy atom. The van der Waals surface area contributed by atoms with Crippen LogP contribution in [0.25, 0.3) is 0 Å². The largest absolute Gasteiger partial charge is 0.414 e. The molecule has 170 valence electrons. The van der Waals surface area contributed by atoms with Crippen molar-refractivity contribution in [1.29, 1.82) is 0 Å². The first kappa shape index (κ1) is 25.1. The summed E-state index contributed by atoms with van der Waals surface area (Å²) in [5.74, 6) is 1.46. The molecule has 29 heavy (non-hydrogen) atoms. The van der Waals surface area contributed by atoms with Gasteiger partial charge in [-0.2, -0.15) is 0 Å². The minimum Gasteiger partial charge on any atom is -0.414 e. The Morgan fingerprint density at radius 1 is 1.10 bits per heavy atom. The fraction of sp³-hybridized carbons (Fsp3) is 0.917. The molecule has 3 nitrogen and oxygen atoms in total. The van der Waals surface area contributed by atoms with E-state index in [4.69, 9.17) is 4.43 Å². The van der Waals surface area contributed by atoms with Crippen LogP contribution in [-0.4, -0.2) is 27.6 Å². The van der Waals surface area contributed by atoms with Gasteiger partial charge in [-0.25, -0.2) is 8.42 Å². The molecule has 5 heteroatoms. The van der Waals surface area contributed by atoms with Crippen LogP contribution in [0.5, 0.6) is 0 Å². The Labute approximate surface area is 182 Å². The van der Waals surface area contributed by atoms with Crippen molar-refractivity contribution in [2.75, 3.05) is 0 Å². The van der Waals surface area contributed by atoms with E-state index in [1.54, 1.807) is 20.8 Å². The molecule has 0 radical (unpaired) electrons. The van der Waals surface area contributed by atoms with Crippen molar-refractivity contribution < 1.29 is 12.8 Å². The molecule has 2 fully saturated rings. The SMILES string of the molecule is CC[Si](CC)(CC)O[C@H]1CCC[C@]2(C)[C@@H]([C@H](C)/C=C/S(=O)(=O)C(C)(C)C)CC[C@@H]12. The number of fused-ring (bicyclic) bond motifs is 1. The Balaban J connectivity index is 2.19. The molecule has 2 rings (SSSR count). The van der Waals surface area contributed by atoms with Crippen LogP contribution in [0.1, 0.15) is 87.5 Å². The molecule has 0 amide bonds. The first-order chi connectivity index (χ1) is 13.4. The molecule has 0 aromatic heterocycles. The normalized spacial score (nSPS) is 32.5. The maximum absolute atomic E-state index is 12.5. The fourth-order valence-electron chi connectivity index (χ4n) is 6.05. The van der Waals surface area contributed by atoms with Crippen LogP contribution in [0.15, 0.2) is 11.5 Å². The van der Waals surface area contributed by atoms with Crippen LogP contribution in [0.4, 0.5) is 0 Å². The van der Waals surface area contributed by atoms with Crippen LogP contribution in [0, 0.1) is 23.2 Å². The zero-order valence-corrected chi connectivity index (χ0v) is 22.1. The first-order valence-corrected chi connectivity index (χ1v) is 16.0. The molecule has 2 aliphatic rings. The lowest BCUT2D eigenvalue weighted by atomic mass is 9.62. The quantitative estimate of drug-likeness (QED) is 0.382. The molecule has 5 atom stereocenters. The molecule has 0 saturated heterocycles. The Bertz CT molecular complexity index is 666. The van der Waals surface area contributed by atoms with Crippen molar-refractivity contribution >= 4 is 18.2 Å². The number of allylic oxidation sites excluding steroid dienone is 1. The average Bonchev–Trinajstić information content (AvgIpc) is 3.01. The standard InChI is InChI=1S/C24H46O3SSi/c1-9-29(10-2,11-3)27-22-13-12-17-24(8)20(14-15-21(22)24)19(4)16-18-28(25,26)23(5,6)7/h16,18-22H,9-15,17H2,1-8H3/b18-16+/t19-,20-,21+,22+,24-/m1/s1. The van der Waals surface area contributed by atoms with E-state index < -0.39 is 22.9 Å². The minimum atomic E-state index is -3.22. The van der Waals surface area contributed by atoms with Gasteiger partial charge in [-0.05, 0) is 87.8 Å². The molecule has 0 bridgehead atoms. The summed E-state index contributed by atoms with van der Waals surface area (Å²) in [5, 5.41) is 1.49. The van der Waals surface area contributed by atoms with Crippen LogP contribution < -0.4 is 0 Å². The van der Waals surface area contributed by atoms with Crippen molar-refractivity contribution in [3.8, 4) is 0 Å². The molecular weight excluding hydrogens is 396 g/mol. The second-order valence-corrected chi connectivity index (χ2v) is 18.2. The number of sulfone groups is 1. The van der Waals surface area contributed by atoms with Gasteiger partial charge >= 0.3 is 0 Å². The summed E-state index contributed by atoms with van der Waals surface area (Å²) in [6.07, 6.45) is 8.53. The Kier molecular flexibility index (Phi) is 7.94. The lowest BCUT2D eigenvalue weighted by molar-refractivity contribution is -0.0152. The highest BCUT2D eigenvalue weighted by molar-refractivity contribution is 7.95. The van der Waals surface area contributed by atoms with E-state index in [1.165, 1.54) is 55.6 Å². The monoisotopic (exact) mass is 442 g/mol. The van der Waals surface area contributed by atoms with Gasteiger partial charge in [0.1, 0.15) is 0 Å². The van der Waals surface area contributed by atoms with E-state index in [9.17, 15) is 8.42 Å². The summed E-state index contributed by atoms with van der Waals surface area (Å²) < 4.78 is 31.4. The predicted octanol–water partition coefficient (Wildman–Crippen LogP) is 6.96. The molecule has 2 aliphatic carbocycles. The van der Waals surface area contributed by atoms with E-state index in [0.717, 1.165) is 0 Å². The van der Waals surface area contributed by atoms with Crippen molar-refractivity contribution in [3.05, 3.63) is 11.5 Å². The van der Waals surface area contributed by atoms with Gasteiger partial charge in [0.25, 0.3) is 0 Å². The minimum absolute atomic E-state index is 0.271. The van der Waals surface area contributed by atoms with Crippen molar-refractivity contribution in [3.63, 3.8) is 0 Å². The van der Waals surface area contributed by atoms with E-state index in [0.29, 0.717) is 17.9 Å². The summed E-state index contributed by atoms with van der Waals surface area (Å²) in [6, 6.07) is 3.65. The molecule has 0 aliphatic heterocycles.